The highest BCUT2D eigenvalue weighted by Gasteiger charge is 2.33. The third-order valence-electron chi connectivity index (χ3n) is 3.30. The standard InChI is InChI=1S/C17H15F3N2O4/c1-25-16(24)10-6-7-12(21)14(8-10)26-9-15(23)22-13-5-3-2-4-11(13)17(18,19)20/h2-8H,9,21H2,1H3,(H,22,23). The van der Waals surface area contributed by atoms with Crippen molar-refractivity contribution in [3.05, 3.63) is 53.6 Å². The van der Waals surface area contributed by atoms with Gasteiger partial charge in [-0.15, -0.1) is 0 Å². The molecule has 0 radical (unpaired) electrons. The summed E-state index contributed by atoms with van der Waals surface area (Å²) < 4.78 is 48.5. The van der Waals surface area contributed by atoms with Gasteiger partial charge in [-0.2, -0.15) is 13.2 Å². The van der Waals surface area contributed by atoms with Crippen molar-refractivity contribution in [1.82, 2.24) is 0 Å². The number of ether oxygens (including phenoxy) is 2. The lowest BCUT2D eigenvalue weighted by Gasteiger charge is -2.14. The molecule has 6 nitrogen and oxygen atoms in total. The van der Waals surface area contributed by atoms with E-state index in [-0.39, 0.29) is 22.7 Å². The van der Waals surface area contributed by atoms with Gasteiger partial charge in [0.25, 0.3) is 5.91 Å². The predicted molar refractivity (Wildman–Crippen MR) is 87.8 cm³/mol. The molecule has 0 spiro atoms. The zero-order chi connectivity index (χ0) is 19.3. The largest absolute Gasteiger partial charge is 0.482 e. The van der Waals surface area contributed by atoms with Crippen molar-refractivity contribution in [3.63, 3.8) is 0 Å². The molecule has 2 rings (SSSR count). The number of nitrogen functional groups attached to an aromatic ring is 1. The number of hydrogen-bond acceptors (Lipinski definition) is 5. The molecule has 0 aliphatic heterocycles. The Balaban J connectivity index is 2.08. The normalized spacial score (nSPS) is 10.9. The highest BCUT2D eigenvalue weighted by atomic mass is 19.4. The highest BCUT2D eigenvalue weighted by Crippen LogP contribution is 2.34. The minimum absolute atomic E-state index is 0.0344. The summed E-state index contributed by atoms with van der Waals surface area (Å²) in [5.74, 6) is -1.41. The maximum absolute atomic E-state index is 12.9. The molecule has 138 valence electrons. The first-order valence-electron chi connectivity index (χ1n) is 7.29. The number of esters is 1. The average molecular weight is 368 g/mol. The molecule has 0 aromatic heterocycles. The molecule has 0 aliphatic carbocycles. The maximum Gasteiger partial charge on any atom is 0.418 e. The van der Waals surface area contributed by atoms with Gasteiger partial charge in [-0.3, -0.25) is 4.79 Å². The number of rotatable bonds is 5. The second-order valence-electron chi connectivity index (χ2n) is 5.12. The van der Waals surface area contributed by atoms with E-state index in [1.165, 1.54) is 37.4 Å². The van der Waals surface area contributed by atoms with Crippen LogP contribution < -0.4 is 15.8 Å². The number of carbonyl (C=O) groups is 2. The quantitative estimate of drug-likeness (QED) is 0.625. The summed E-state index contributed by atoms with van der Waals surface area (Å²) in [5.41, 5.74) is 4.64. The van der Waals surface area contributed by atoms with Gasteiger partial charge in [-0.05, 0) is 30.3 Å². The molecule has 0 bridgehead atoms. The topological polar surface area (TPSA) is 90.7 Å². The van der Waals surface area contributed by atoms with Crippen LogP contribution in [0.5, 0.6) is 5.75 Å². The van der Waals surface area contributed by atoms with E-state index in [0.29, 0.717) is 0 Å². The lowest BCUT2D eigenvalue weighted by molar-refractivity contribution is -0.137. The molecule has 1 amide bonds. The van der Waals surface area contributed by atoms with Crippen LogP contribution in [0.25, 0.3) is 0 Å². The number of anilines is 2. The van der Waals surface area contributed by atoms with Crippen LogP contribution in [0.3, 0.4) is 0 Å². The molecule has 0 saturated heterocycles. The fourth-order valence-corrected chi connectivity index (χ4v) is 2.07. The molecule has 0 atom stereocenters. The van der Waals surface area contributed by atoms with E-state index in [9.17, 15) is 22.8 Å². The Morgan fingerprint density at radius 1 is 1.15 bits per heavy atom. The Morgan fingerprint density at radius 2 is 1.85 bits per heavy atom. The van der Waals surface area contributed by atoms with E-state index in [2.05, 4.69) is 10.1 Å². The van der Waals surface area contributed by atoms with Crippen LogP contribution in [0.1, 0.15) is 15.9 Å². The fraction of sp³-hybridized carbons (Fsp3) is 0.176. The van der Waals surface area contributed by atoms with E-state index < -0.39 is 30.2 Å². The maximum atomic E-state index is 12.9. The number of para-hydroxylation sites is 1. The van der Waals surface area contributed by atoms with Gasteiger partial charge in [0.05, 0.1) is 29.6 Å². The summed E-state index contributed by atoms with van der Waals surface area (Å²) in [6.07, 6.45) is -4.61. The molecule has 26 heavy (non-hydrogen) atoms. The van der Waals surface area contributed by atoms with Crippen LogP contribution in [0.2, 0.25) is 0 Å². The lowest BCUT2D eigenvalue weighted by atomic mass is 10.1. The van der Waals surface area contributed by atoms with Crippen molar-refractivity contribution in [2.24, 2.45) is 0 Å². The molecule has 0 fully saturated rings. The summed E-state index contributed by atoms with van der Waals surface area (Å²) in [4.78, 5) is 23.4. The van der Waals surface area contributed by atoms with Crippen molar-refractivity contribution in [2.45, 2.75) is 6.18 Å². The molecule has 0 heterocycles. The number of amides is 1. The van der Waals surface area contributed by atoms with E-state index in [1.54, 1.807) is 0 Å². The van der Waals surface area contributed by atoms with Gasteiger partial charge in [-0.1, -0.05) is 12.1 Å². The lowest BCUT2D eigenvalue weighted by Crippen LogP contribution is -2.22. The molecular weight excluding hydrogens is 353 g/mol. The Kier molecular flexibility index (Phi) is 5.71. The first kappa shape index (κ1) is 19.1. The van der Waals surface area contributed by atoms with Crippen molar-refractivity contribution in [3.8, 4) is 5.75 Å². The van der Waals surface area contributed by atoms with Crippen molar-refractivity contribution >= 4 is 23.3 Å². The molecule has 2 aromatic rings. The number of hydrogen-bond donors (Lipinski definition) is 2. The number of halogens is 3. The summed E-state index contributed by atoms with van der Waals surface area (Å²) >= 11 is 0. The van der Waals surface area contributed by atoms with Crippen LogP contribution >= 0.6 is 0 Å². The van der Waals surface area contributed by atoms with Crippen LogP contribution in [-0.2, 0) is 15.7 Å². The Hall–Kier alpha value is -3.23. The molecule has 0 aliphatic rings. The van der Waals surface area contributed by atoms with Crippen LogP contribution in [0, 0.1) is 0 Å². The minimum Gasteiger partial charge on any atom is -0.482 e. The predicted octanol–water partition coefficient (Wildman–Crippen LogP) is 3.09. The van der Waals surface area contributed by atoms with E-state index in [0.717, 1.165) is 12.1 Å². The summed E-state index contributed by atoms with van der Waals surface area (Å²) in [5, 5.41) is 2.14. The fourth-order valence-electron chi connectivity index (χ4n) is 2.07. The van der Waals surface area contributed by atoms with Crippen LogP contribution in [-0.4, -0.2) is 25.6 Å². The molecular formula is C17H15F3N2O4. The summed E-state index contributed by atoms with van der Waals surface area (Å²) in [7, 11) is 1.20. The van der Waals surface area contributed by atoms with E-state index in [1.807, 2.05) is 0 Å². The van der Waals surface area contributed by atoms with Crippen molar-refractivity contribution in [1.29, 1.82) is 0 Å². The number of nitrogens with two attached hydrogens (primary N) is 1. The number of nitrogens with one attached hydrogen (secondary N) is 1. The minimum atomic E-state index is -4.61. The highest BCUT2D eigenvalue weighted by molar-refractivity contribution is 5.93. The number of alkyl halides is 3. The van der Waals surface area contributed by atoms with Crippen LogP contribution in [0.4, 0.5) is 24.5 Å². The molecule has 9 heteroatoms. The van der Waals surface area contributed by atoms with Gasteiger partial charge >= 0.3 is 12.1 Å². The molecule has 2 aromatic carbocycles. The Labute approximate surface area is 146 Å². The number of methoxy groups -OCH3 is 1. The van der Waals surface area contributed by atoms with Gasteiger partial charge in [0.15, 0.2) is 6.61 Å². The third-order valence-corrected chi connectivity index (χ3v) is 3.30. The monoisotopic (exact) mass is 368 g/mol. The number of benzene rings is 2. The SMILES string of the molecule is COC(=O)c1ccc(N)c(OCC(=O)Nc2ccccc2C(F)(F)F)c1. The summed E-state index contributed by atoms with van der Waals surface area (Å²) in [6.45, 7) is -0.596. The van der Waals surface area contributed by atoms with E-state index >= 15 is 0 Å². The zero-order valence-electron chi connectivity index (χ0n) is 13.6. The Bertz CT molecular complexity index is 822. The second kappa shape index (κ2) is 7.77. The zero-order valence-corrected chi connectivity index (χ0v) is 13.6. The molecule has 3 N–H and O–H groups in total. The molecule has 0 unspecified atom stereocenters. The first-order valence-corrected chi connectivity index (χ1v) is 7.29. The van der Waals surface area contributed by atoms with E-state index in [4.69, 9.17) is 10.5 Å². The first-order chi connectivity index (χ1) is 12.2. The Morgan fingerprint density at radius 3 is 2.50 bits per heavy atom. The van der Waals surface area contributed by atoms with Gasteiger partial charge in [0.2, 0.25) is 0 Å². The average Bonchev–Trinajstić information content (AvgIpc) is 2.60. The van der Waals surface area contributed by atoms with Crippen molar-refractivity contribution in [2.75, 3.05) is 24.8 Å². The van der Waals surface area contributed by atoms with Gasteiger partial charge < -0.3 is 20.5 Å². The second-order valence-corrected chi connectivity index (χ2v) is 5.12. The molecule has 0 saturated carbocycles. The van der Waals surface area contributed by atoms with Crippen molar-refractivity contribution < 1.29 is 32.2 Å². The third kappa shape index (κ3) is 4.65. The van der Waals surface area contributed by atoms with Gasteiger partial charge in [-0.25, -0.2) is 4.79 Å². The smallest absolute Gasteiger partial charge is 0.418 e. The van der Waals surface area contributed by atoms with Crippen LogP contribution in [0.15, 0.2) is 42.5 Å². The number of carbonyl (C=O) groups excluding carboxylic acids is 2. The summed E-state index contributed by atoms with van der Waals surface area (Å²) in [6, 6.07) is 8.64. The van der Waals surface area contributed by atoms with Gasteiger partial charge in [0.1, 0.15) is 5.75 Å². The van der Waals surface area contributed by atoms with Gasteiger partial charge in [0, 0.05) is 0 Å².